The Morgan fingerprint density at radius 3 is 3.00 bits per heavy atom. The van der Waals surface area contributed by atoms with E-state index in [1.54, 1.807) is 0 Å². The van der Waals surface area contributed by atoms with Gasteiger partial charge < -0.3 is 10.6 Å². The Kier molecular flexibility index (Phi) is 5.40. The molecule has 3 rings (SSSR count). The molecule has 2 aromatic heterocycles. The molecule has 1 atom stereocenters. The number of fused-ring (bicyclic) bond motifs is 1. The molecule has 7 heteroatoms. The summed E-state index contributed by atoms with van der Waals surface area (Å²) in [7, 11) is 0. The summed E-state index contributed by atoms with van der Waals surface area (Å²) >= 11 is 0. The van der Waals surface area contributed by atoms with Gasteiger partial charge in [-0.25, -0.2) is 4.99 Å². The Labute approximate surface area is 149 Å². The summed E-state index contributed by atoms with van der Waals surface area (Å²) in [5.74, 6) is 0.861. The van der Waals surface area contributed by atoms with Crippen LogP contribution in [0.1, 0.15) is 55.7 Å². The first kappa shape index (κ1) is 17.5. The smallest absolute Gasteiger partial charge is 0.191 e. The van der Waals surface area contributed by atoms with Crippen molar-refractivity contribution >= 4 is 5.96 Å². The number of aromatic nitrogens is 4. The third-order valence-corrected chi connectivity index (χ3v) is 4.65. The van der Waals surface area contributed by atoms with Crippen LogP contribution >= 0.6 is 0 Å². The first-order chi connectivity index (χ1) is 12.1. The molecule has 3 N–H and O–H groups in total. The Balaban J connectivity index is 1.65. The van der Waals surface area contributed by atoms with Crippen LogP contribution < -0.4 is 10.6 Å². The summed E-state index contributed by atoms with van der Waals surface area (Å²) in [4.78, 5) is 4.71. The van der Waals surface area contributed by atoms with Crippen LogP contribution in [0.4, 0.5) is 0 Å². The van der Waals surface area contributed by atoms with E-state index in [1.165, 1.54) is 11.3 Å². The molecule has 2 aromatic rings. The van der Waals surface area contributed by atoms with E-state index in [-0.39, 0.29) is 0 Å². The molecule has 0 fully saturated rings. The molecule has 25 heavy (non-hydrogen) atoms. The number of nitrogens with one attached hydrogen (secondary N) is 3. The first-order valence-corrected chi connectivity index (χ1v) is 9.17. The second kappa shape index (κ2) is 7.72. The number of H-pyrrole nitrogens is 1. The molecule has 0 aliphatic heterocycles. The second-order valence-electron chi connectivity index (χ2n) is 6.97. The van der Waals surface area contributed by atoms with Crippen LogP contribution in [-0.4, -0.2) is 38.5 Å². The standard InChI is InChI=1S/C18H29N7/c1-5-19-18(20-9-15-10-21-23-13(15)4)22-16-7-6-14-11-25(12(2)3)24-17(14)8-16/h10-12,16H,5-9H2,1-4H3,(H,21,23)(H2,19,20,22). The molecule has 0 saturated heterocycles. The zero-order valence-corrected chi connectivity index (χ0v) is 15.6. The Bertz CT molecular complexity index is 726. The van der Waals surface area contributed by atoms with Gasteiger partial charge in [-0.2, -0.15) is 10.2 Å². The zero-order chi connectivity index (χ0) is 17.8. The van der Waals surface area contributed by atoms with E-state index in [2.05, 4.69) is 52.5 Å². The second-order valence-corrected chi connectivity index (χ2v) is 6.97. The summed E-state index contributed by atoms with van der Waals surface area (Å²) in [6.45, 7) is 9.91. The summed E-state index contributed by atoms with van der Waals surface area (Å²) < 4.78 is 2.08. The monoisotopic (exact) mass is 343 g/mol. The molecule has 0 bridgehead atoms. The molecule has 0 spiro atoms. The van der Waals surface area contributed by atoms with Crippen LogP contribution in [-0.2, 0) is 19.4 Å². The Morgan fingerprint density at radius 1 is 1.48 bits per heavy atom. The highest BCUT2D eigenvalue weighted by atomic mass is 15.3. The summed E-state index contributed by atoms with van der Waals surface area (Å²) in [6.07, 6.45) is 7.17. The average Bonchev–Trinajstić information content (AvgIpc) is 3.18. The van der Waals surface area contributed by atoms with Crippen LogP contribution in [0.25, 0.3) is 0 Å². The number of guanidine groups is 1. The highest BCUT2D eigenvalue weighted by molar-refractivity contribution is 5.80. The van der Waals surface area contributed by atoms with Gasteiger partial charge in [0.2, 0.25) is 0 Å². The Hall–Kier alpha value is -2.31. The molecule has 1 unspecified atom stereocenters. The quantitative estimate of drug-likeness (QED) is 0.573. The van der Waals surface area contributed by atoms with Gasteiger partial charge in [0, 0.05) is 42.5 Å². The molecule has 0 saturated carbocycles. The minimum Gasteiger partial charge on any atom is -0.357 e. The minimum absolute atomic E-state index is 0.367. The van der Waals surface area contributed by atoms with Crippen LogP contribution in [0, 0.1) is 6.92 Å². The van der Waals surface area contributed by atoms with Crippen molar-refractivity contribution in [1.82, 2.24) is 30.6 Å². The van der Waals surface area contributed by atoms with Gasteiger partial charge in [-0.15, -0.1) is 0 Å². The lowest BCUT2D eigenvalue weighted by atomic mass is 9.94. The van der Waals surface area contributed by atoms with E-state index in [0.717, 1.165) is 43.0 Å². The van der Waals surface area contributed by atoms with Crippen molar-refractivity contribution in [3.05, 3.63) is 34.9 Å². The van der Waals surface area contributed by atoms with Crippen molar-refractivity contribution in [2.75, 3.05) is 6.54 Å². The number of hydrogen-bond donors (Lipinski definition) is 3. The molecular formula is C18H29N7. The number of aryl methyl sites for hydroxylation is 2. The third kappa shape index (κ3) is 4.21. The maximum atomic E-state index is 4.76. The van der Waals surface area contributed by atoms with Gasteiger partial charge in [-0.1, -0.05) is 0 Å². The number of rotatable bonds is 5. The fourth-order valence-corrected chi connectivity index (χ4v) is 3.11. The number of aliphatic imine (C=N–C) groups is 1. The molecule has 2 heterocycles. The van der Waals surface area contributed by atoms with Gasteiger partial charge in [0.25, 0.3) is 0 Å². The van der Waals surface area contributed by atoms with Gasteiger partial charge in [0.1, 0.15) is 0 Å². The highest BCUT2D eigenvalue weighted by Gasteiger charge is 2.23. The van der Waals surface area contributed by atoms with Crippen LogP contribution in [0.15, 0.2) is 17.4 Å². The summed E-state index contributed by atoms with van der Waals surface area (Å²) in [6, 6.07) is 0.778. The molecular weight excluding hydrogens is 314 g/mol. The van der Waals surface area contributed by atoms with Gasteiger partial charge in [0.05, 0.1) is 18.4 Å². The molecule has 1 aliphatic carbocycles. The largest absolute Gasteiger partial charge is 0.357 e. The van der Waals surface area contributed by atoms with Gasteiger partial charge in [-0.05, 0) is 46.1 Å². The molecule has 1 aliphatic rings. The normalized spacial score (nSPS) is 17.6. The molecule has 136 valence electrons. The van der Waals surface area contributed by atoms with Crippen LogP contribution in [0.5, 0.6) is 0 Å². The van der Waals surface area contributed by atoms with Crippen molar-refractivity contribution in [3.63, 3.8) is 0 Å². The Morgan fingerprint density at radius 2 is 2.32 bits per heavy atom. The number of aromatic amines is 1. The van der Waals surface area contributed by atoms with E-state index in [4.69, 9.17) is 10.1 Å². The lowest BCUT2D eigenvalue weighted by molar-refractivity contribution is 0.499. The predicted molar refractivity (Wildman–Crippen MR) is 99.7 cm³/mol. The SMILES string of the molecule is CCNC(=NCc1cn[nH]c1C)NC1CCc2cn(C(C)C)nc2C1. The zero-order valence-electron chi connectivity index (χ0n) is 15.6. The molecule has 0 radical (unpaired) electrons. The van der Waals surface area contributed by atoms with Crippen molar-refractivity contribution < 1.29 is 0 Å². The van der Waals surface area contributed by atoms with E-state index in [9.17, 15) is 0 Å². The maximum Gasteiger partial charge on any atom is 0.191 e. The van der Waals surface area contributed by atoms with E-state index < -0.39 is 0 Å². The summed E-state index contributed by atoms with van der Waals surface area (Å²) in [5.41, 5.74) is 4.81. The van der Waals surface area contributed by atoms with Gasteiger partial charge >= 0.3 is 0 Å². The maximum absolute atomic E-state index is 4.76. The topological polar surface area (TPSA) is 82.9 Å². The van der Waals surface area contributed by atoms with Crippen molar-refractivity contribution in [2.24, 2.45) is 4.99 Å². The highest BCUT2D eigenvalue weighted by Crippen LogP contribution is 2.21. The summed E-state index contributed by atoms with van der Waals surface area (Å²) in [5, 5.41) is 18.7. The van der Waals surface area contributed by atoms with Gasteiger partial charge in [-0.3, -0.25) is 9.78 Å². The average molecular weight is 343 g/mol. The van der Waals surface area contributed by atoms with Crippen molar-refractivity contribution in [1.29, 1.82) is 0 Å². The molecule has 7 nitrogen and oxygen atoms in total. The number of nitrogens with zero attached hydrogens (tertiary/aromatic N) is 4. The fourth-order valence-electron chi connectivity index (χ4n) is 3.11. The van der Waals surface area contributed by atoms with E-state index in [0.29, 0.717) is 18.6 Å². The van der Waals surface area contributed by atoms with Crippen molar-refractivity contribution in [3.8, 4) is 0 Å². The predicted octanol–water partition coefficient (Wildman–Crippen LogP) is 2.11. The van der Waals surface area contributed by atoms with Crippen LogP contribution in [0.3, 0.4) is 0 Å². The van der Waals surface area contributed by atoms with E-state index >= 15 is 0 Å². The molecule has 0 amide bonds. The van der Waals surface area contributed by atoms with E-state index in [1.807, 2.05) is 13.1 Å². The third-order valence-electron chi connectivity index (χ3n) is 4.65. The lowest BCUT2D eigenvalue weighted by Gasteiger charge is -2.24. The van der Waals surface area contributed by atoms with Crippen LogP contribution in [0.2, 0.25) is 0 Å². The molecule has 0 aromatic carbocycles. The number of hydrogen-bond acceptors (Lipinski definition) is 3. The first-order valence-electron chi connectivity index (χ1n) is 9.17. The lowest BCUT2D eigenvalue weighted by Crippen LogP contribution is -2.45. The minimum atomic E-state index is 0.367. The van der Waals surface area contributed by atoms with Crippen molar-refractivity contribution in [2.45, 2.75) is 65.6 Å². The van der Waals surface area contributed by atoms with Gasteiger partial charge in [0.15, 0.2) is 5.96 Å². The fraction of sp³-hybridized carbons (Fsp3) is 0.611.